The third-order valence-electron chi connectivity index (χ3n) is 4.18. The third-order valence-corrected chi connectivity index (χ3v) is 6.09. The zero-order valence-corrected chi connectivity index (χ0v) is 15.5. The third kappa shape index (κ3) is 4.05. The number of hydrogen-bond acceptors (Lipinski definition) is 7. The molecule has 0 N–H and O–H groups in total. The molecule has 0 spiro atoms. The van der Waals surface area contributed by atoms with Crippen LogP contribution in [0.4, 0.5) is 0 Å². The number of hydrogen-bond donors (Lipinski definition) is 0. The Labute approximate surface area is 152 Å². The molecular weight excluding hydrogens is 358 g/mol. The summed E-state index contributed by atoms with van der Waals surface area (Å²) < 4.78 is 42.8. The molecule has 0 amide bonds. The van der Waals surface area contributed by atoms with Crippen LogP contribution in [-0.4, -0.2) is 56.1 Å². The van der Waals surface area contributed by atoms with Crippen LogP contribution in [0.2, 0.25) is 0 Å². The van der Waals surface area contributed by atoms with Gasteiger partial charge in [0, 0.05) is 25.4 Å². The molecule has 0 radical (unpaired) electrons. The van der Waals surface area contributed by atoms with Crippen molar-refractivity contribution in [2.75, 3.05) is 27.3 Å². The zero-order valence-electron chi connectivity index (χ0n) is 14.7. The minimum absolute atomic E-state index is 0.100. The topological polar surface area (TPSA) is 90.9 Å². The number of methoxy groups -OCH3 is 2. The Morgan fingerprint density at radius 3 is 2.35 bits per heavy atom. The highest BCUT2D eigenvalue weighted by atomic mass is 32.2. The molecule has 0 unspecified atom stereocenters. The second-order valence-electron chi connectivity index (χ2n) is 5.78. The van der Waals surface area contributed by atoms with E-state index in [9.17, 15) is 8.42 Å². The molecular formula is C17H21N3O5S. The van der Waals surface area contributed by atoms with Crippen molar-refractivity contribution in [3.63, 3.8) is 0 Å². The molecule has 1 aromatic carbocycles. The average molecular weight is 379 g/mol. The van der Waals surface area contributed by atoms with Gasteiger partial charge in [-0.05, 0) is 37.1 Å². The quantitative estimate of drug-likeness (QED) is 0.755. The molecule has 2 aromatic rings. The first-order chi connectivity index (χ1) is 12.5. The van der Waals surface area contributed by atoms with E-state index in [4.69, 9.17) is 14.2 Å². The van der Waals surface area contributed by atoms with Crippen molar-refractivity contribution in [3.05, 3.63) is 36.5 Å². The summed E-state index contributed by atoms with van der Waals surface area (Å²) in [7, 11) is -0.486. The Bertz CT molecular complexity index is 834. The largest absolute Gasteiger partial charge is 0.497 e. The molecule has 140 valence electrons. The summed E-state index contributed by atoms with van der Waals surface area (Å²) >= 11 is 0. The van der Waals surface area contributed by atoms with Crippen molar-refractivity contribution < 1.29 is 22.6 Å². The normalized spacial score (nSPS) is 16.2. The lowest BCUT2D eigenvalue weighted by Gasteiger charge is -2.31. The van der Waals surface area contributed by atoms with Crippen molar-refractivity contribution in [2.24, 2.45) is 0 Å². The molecule has 9 heteroatoms. The summed E-state index contributed by atoms with van der Waals surface area (Å²) in [6.45, 7) is 0.780. The van der Waals surface area contributed by atoms with Crippen molar-refractivity contribution >= 4 is 10.0 Å². The summed E-state index contributed by atoms with van der Waals surface area (Å²) in [5.74, 6) is 1.05. The number of benzene rings is 1. The Kier molecular flexibility index (Phi) is 5.58. The summed E-state index contributed by atoms with van der Waals surface area (Å²) in [5, 5.41) is 0. The Hall–Kier alpha value is -2.39. The Morgan fingerprint density at radius 2 is 1.73 bits per heavy atom. The first kappa shape index (κ1) is 18.4. The van der Waals surface area contributed by atoms with E-state index < -0.39 is 10.0 Å². The molecule has 1 aliphatic rings. The van der Waals surface area contributed by atoms with Gasteiger partial charge in [0.05, 0.1) is 19.1 Å². The standard InChI is InChI=1S/C17H21N3O5S/c1-23-13-3-5-15(6-4-13)26(21,22)20-11-8-14(9-12-20)25-16-7-10-18-17(19-16)24-2/h3-7,10,14H,8-9,11-12H2,1-2H3. The van der Waals surface area contributed by atoms with Crippen LogP contribution in [0, 0.1) is 0 Å². The highest BCUT2D eigenvalue weighted by Gasteiger charge is 2.30. The van der Waals surface area contributed by atoms with Gasteiger partial charge in [-0.3, -0.25) is 0 Å². The van der Waals surface area contributed by atoms with Gasteiger partial charge in [-0.2, -0.15) is 9.29 Å². The lowest BCUT2D eigenvalue weighted by atomic mass is 10.1. The van der Waals surface area contributed by atoms with Gasteiger partial charge in [0.2, 0.25) is 15.9 Å². The van der Waals surface area contributed by atoms with Crippen molar-refractivity contribution in [2.45, 2.75) is 23.8 Å². The van der Waals surface area contributed by atoms with Crippen molar-refractivity contribution in [1.82, 2.24) is 14.3 Å². The van der Waals surface area contributed by atoms with E-state index in [0.717, 1.165) is 0 Å². The highest BCUT2D eigenvalue weighted by Crippen LogP contribution is 2.24. The van der Waals surface area contributed by atoms with Gasteiger partial charge < -0.3 is 14.2 Å². The highest BCUT2D eigenvalue weighted by molar-refractivity contribution is 7.89. The fraction of sp³-hybridized carbons (Fsp3) is 0.412. The van der Waals surface area contributed by atoms with E-state index >= 15 is 0 Å². The molecule has 0 saturated carbocycles. The van der Waals surface area contributed by atoms with E-state index in [-0.39, 0.29) is 17.0 Å². The Balaban J connectivity index is 1.61. The van der Waals surface area contributed by atoms with Crippen LogP contribution in [0.3, 0.4) is 0 Å². The van der Waals surface area contributed by atoms with Crippen LogP contribution in [0.15, 0.2) is 41.4 Å². The molecule has 2 heterocycles. The minimum atomic E-state index is -3.52. The second-order valence-corrected chi connectivity index (χ2v) is 7.72. The number of ether oxygens (including phenoxy) is 3. The number of rotatable bonds is 6. The second kappa shape index (κ2) is 7.88. The van der Waals surface area contributed by atoms with Crippen LogP contribution < -0.4 is 14.2 Å². The van der Waals surface area contributed by atoms with E-state index in [1.165, 1.54) is 11.4 Å². The molecule has 1 aromatic heterocycles. The van der Waals surface area contributed by atoms with Gasteiger partial charge >= 0.3 is 6.01 Å². The zero-order chi connectivity index (χ0) is 18.6. The van der Waals surface area contributed by atoms with Gasteiger partial charge in [0.15, 0.2) is 0 Å². The van der Waals surface area contributed by atoms with Crippen LogP contribution in [0.1, 0.15) is 12.8 Å². The molecule has 3 rings (SSSR count). The van der Waals surface area contributed by atoms with Gasteiger partial charge in [0.25, 0.3) is 0 Å². The van der Waals surface area contributed by atoms with Crippen LogP contribution >= 0.6 is 0 Å². The number of piperidine rings is 1. The average Bonchev–Trinajstić information content (AvgIpc) is 2.68. The fourth-order valence-corrected chi connectivity index (χ4v) is 4.22. The van der Waals surface area contributed by atoms with E-state index in [1.54, 1.807) is 43.6 Å². The molecule has 1 saturated heterocycles. The van der Waals surface area contributed by atoms with Gasteiger partial charge in [-0.1, -0.05) is 0 Å². The lowest BCUT2D eigenvalue weighted by Crippen LogP contribution is -2.41. The monoisotopic (exact) mass is 379 g/mol. The maximum Gasteiger partial charge on any atom is 0.319 e. The van der Waals surface area contributed by atoms with Gasteiger partial charge in [-0.15, -0.1) is 0 Å². The molecule has 8 nitrogen and oxygen atoms in total. The van der Waals surface area contributed by atoms with Crippen LogP contribution in [0.5, 0.6) is 17.6 Å². The number of nitrogens with zero attached hydrogens (tertiary/aromatic N) is 3. The predicted molar refractivity (Wildman–Crippen MR) is 94.0 cm³/mol. The maximum atomic E-state index is 12.7. The summed E-state index contributed by atoms with van der Waals surface area (Å²) in [6.07, 6.45) is 2.63. The fourth-order valence-electron chi connectivity index (χ4n) is 2.75. The minimum Gasteiger partial charge on any atom is -0.497 e. The van der Waals surface area contributed by atoms with E-state index in [0.29, 0.717) is 37.6 Å². The SMILES string of the molecule is COc1ccc(S(=O)(=O)N2CCC(Oc3ccnc(OC)n3)CC2)cc1. The predicted octanol–water partition coefficient (Wildman–Crippen LogP) is 1.73. The molecule has 1 aliphatic heterocycles. The van der Waals surface area contributed by atoms with E-state index in [2.05, 4.69) is 9.97 Å². The lowest BCUT2D eigenvalue weighted by molar-refractivity contribution is 0.128. The summed E-state index contributed by atoms with van der Waals surface area (Å²) in [5.41, 5.74) is 0. The summed E-state index contributed by atoms with van der Waals surface area (Å²) in [6, 6.07) is 8.30. The van der Waals surface area contributed by atoms with Crippen molar-refractivity contribution in [3.8, 4) is 17.6 Å². The van der Waals surface area contributed by atoms with Gasteiger partial charge in [0.1, 0.15) is 11.9 Å². The first-order valence-corrected chi connectivity index (χ1v) is 9.65. The van der Waals surface area contributed by atoms with Crippen LogP contribution in [-0.2, 0) is 10.0 Å². The number of aromatic nitrogens is 2. The molecule has 1 fully saturated rings. The Morgan fingerprint density at radius 1 is 1.04 bits per heavy atom. The number of sulfonamides is 1. The summed E-state index contributed by atoms with van der Waals surface area (Å²) in [4.78, 5) is 8.31. The molecule has 0 bridgehead atoms. The van der Waals surface area contributed by atoms with Crippen LogP contribution in [0.25, 0.3) is 0 Å². The first-order valence-electron chi connectivity index (χ1n) is 8.21. The van der Waals surface area contributed by atoms with Gasteiger partial charge in [-0.25, -0.2) is 13.4 Å². The maximum absolute atomic E-state index is 12.7. The smallest absolute Gasteiger partial charge is 0.319 e. The molecule has 26 heavy (non-hydrogen) atoms. The molecule has 0 atom stereocenters. The molecule has 0 aliphatic carbocycles. The van der Waals surface area contributed by atoms with Crippen molar-refractivity contribution in [1.29, 1.82) is 0 Å². The van der Waals surface area contributed by atoms with E-state index in [1.807, 2.05) is 0 Å².